The van der Waals surface area contributed by atoms with Crippen LogP contribution in [-0.4, -0.2) is 23.3 Å². The molecule has 114 valence electrons. The Kier molecular flexibility index (Phi) is 3.83. The van der Waals surface area contributed by atoms with E-state index in [1.54, 1.807) is 0 Å². The van der Waals surface area contributed by atoms with Crippen molar-refractivity contribution in [3.8, 4) is 0 Å². The first-order chi connectivity index (χ1) is 10.4. The Morgan fingerprint density at radius 1 is 0.909 bits per heavy atom. The molecule has 0 radical (unpaired) electrons. The highest BCUT2D eigenvalue weighted by Gasteiger charge is 2.51. The summed E-state index contributed by atoms with van der Waals surface area (Å²) in [5.41, 5.74) is 2.64. The van der Waals surface area contributed by atoms with Crippen LogP contribution in [0.25, 0.3) is 0 Å². The van der Waals surface area contributed by atoms with Crippen molar-refractivity contribution in [3.63, 3.8) is 0 Å². The van der Waals surface area contributed by atoms with Crippen molar-refractivity contribution >= 4 is 12.6 Å². The molecule has 0 spiro atoms. The molecule has 4 heteroatoms. The zero-order valence-corrected chi connectivity index (χ0v) is 13.7. The maximum absolute atomic E-state index is 6.05. The van der Waals surface area contributed by atoms with Crippen LogP contribution in [0.15, 0.2) is 48.7 Å². The molecule has 0 saturated carbocycles. The topological polar surface area (TPSA) is 31.4 Å². The summed E-state index contributed by atoms with van der Waals surface area (Å²) in [6, 6.07) is 14.5. The third kappa shape index (κ3) is 2.94. The quantitative estimate of drug-likeness (QED) is 0.816. The van der Waals surface area contributed by atoms with Gasteiger partial charge in [0, 0.05) is 23.8 Å². The van der Waals surface area contributed by atoms with Crippen LogP contribution in [0.1, 0.15) is 39.0 Å². The predicted octanol–water partition coefficient (Wildman–Crippen LogP) is 2.97. The molecule has 1 saturated heterocycles. The third-order valence-corrected chi connectivity index (χ3v) is 4.60. The van der Waals surface area contributed by atoms with E-state index in [4.69, 9.17) is 9.31 Å². The van der Waals surface area contributed by atoms with Gasteiger partial charge in [-0.25, -0.2) is 0 Å². The molecular formula is C18H22BNO2. The van der Waals surface area contributed by atoms with E-state index >= 15 is 0 Å². The second-order valence-corrected chi connectivity index (χ2v) is 6.83. The summed E-state index contributed by atoms with van der Waals surface area (Å²) in [7, 11) is -0.344. The fourth-order valence-corrected chi connectivity index (χ4v) is 2.46. The molecule has 0 atom stereocenters. The van der Waals surface area contributed by atoms with E-state index in [2.05, 4.69) is 44.8 Å². The molecule has 0 N–H and O–H groups in total. The molecular weight excluding hydrogens is 273 g/mol. The van der Waals surface area contributed by atoms with Crippen molar-refractivity contribution in [2.45, 2.75) is 45.3 Å². The van der Waals surface area contributed by atoms with Crippen molar-refractivity contribution in [3.05, 3.63) is 59.9 Å². The highest BCUT2D eigenvalue weighted by molar-refractivity contribution is 6.62. The summed E-state index contributed by atoms with van der Waals surface area (Å²) in [4.78, 5) is 4.55. The molecule has 0 aliphatic carbocycles. The minimum Gasteiger partial charge on any atom is -0.399 e. The lowest BCUT2D eigenvalue weighted by Gasteiger charge is -2.32. The molecule has 1 fully saturated rings. The number of nitrogens with zero attached hydrogens (tertiary/aromatic N) is 1. The molecule has 2 heterocycles. The average Bonchev–Trinajstić information content (AvgIpc) is 2.69. The first kappa shape index (κ1) is 15.3. The van der Waals surface area contributed by atoms with Gasteiger partial charge in [0.05, 0.1) is 11.2 Å². The van der Waals surface area contributed by atoms with Crippen LogP contribution in [0.4, 0.5) is 0 Å². The van der Waals surface area contributed by atoms with E-state index in [1.807, 2.05) is 36.5 Å². The van der Waals surface area contributed by atoms with E-state index in [9.17, 15) is 0 Å². The number of hydrogen-bond acceptors (Lipinski definition) is 3. The van der Waals surface area contributed by atoms with Gasteiger partial charge in [-0.2, -0.15) is 0 Å². The lowest BCUT2D eigenvalue weighted by atomic mass is 9.80. The molecule has 3 rings (SSSR count). The molecule has 3 nitrogen and oxygen atoms in total. The summed E-state index contributed by atoms with van der Waals surface area (Å²) in [6.45, 7) is 8.24. The molecule has 1 aliphatic rings. The normalized spacial score (nSPS) is 19.4. The van der Waals surface area contributed by atoms with E-state index in [1.165, 1.54) is 5.56 Å². The van der Waals surface area contributed by atoms with Gasteiger partial charge in [-0.05, 0) is 39.3 Å². The molecule has 0 bridgehead atoms. The summed E-state index contributed by atoms with van der Waals surface area (Å²) >= 11 is 0. The van der Waals surface area contributed by atoms with Crippen molar-refractivity contribution < 1.29 is 9.31 Å². The highest BCUT2D eigenvalue weighted by Crippen LogP contribution is 2.36. The van der Waals surface area contributed by atoms with Gasteiger partial charge in [-0.3, -0.25) is 4.98 Å². The monoisotopic (exact) mass is 295 g/mol. The standard InChI is InChI=1S/C18H22BNO2/c1-17(2)18(3,4)22-19(21-17)15-10-11-16(20-13-15)12-14-8-6-5-7-9-14/h5-11,13H,12H2,1-4H3. The van der Waals surface area contributed by atoms with E-state index in [0.717, 1.165) is 17.6 Å². The SMILES string of the molecule is CC1(C)OB(c2ccc(Cc3ccccc3)nc2)OC1(C)C. The van der Waals surface area contributed by atoms with Crippen LogP contribution in [0, 0.1) is 0 Å². The van der Waals surface area contributed by atoms with Gasteiger partial charge in [0.15, 0.2) is 0 Å². The second-order valence-electron chi connectivity index (χ2n) is 6.83. The third-order valence-electron chi connectivity index (χ3n) is 4.60. The molecule has 2 aromatic rings. The minimum absolute atomic E-state index is 0.319. The Labute approximate surface area is 132 Å². The van der Waals surface area contributed by atoms with E-state index in [0.29, 0.717) is 0 Å². The van der Waals surface area contributed by atoms with Crippen molar-refractivity contribution in [1.82, 2.24) is 4.98 Å². The molecule has 0 amide bonds. The van der Waals surface area contributed by atoms with E-state index in [-0.39, 0.29) is 18.3 Å². The summed E-state index contributed by atoms with van der Waals surface area (Å²) in [5.74, 6) is 0. The van der Waals surface area contributed by atoms with Crippen molar-refractivity contribution in [2.75, 3.05) is 0 Å². The number of hydrogen-bond donors (Lipinski definition) is 0. The Bertz CT molecular complexity index is 622. The maximum atomic E-state index is 6.05. The Hall–Kier alpha value is -1.65. The smallest absolute Gasteiger partial charge is 0.399 e. The fraction of sp³-hybridized carbons (Fsp3) is 0.389. The lowest BCUT2D eigenvalue weighted by molar-refractivity contribution is 0.00578. The van der Waals surface area contributed by atoms with Gasteiger partial charge in [0.2, 0.25) is 0 Å². The molecule has 0 unspecified atom stereocenters. The van der Waals surface area contributed by atoms with Crippen LogP contribution >= 0.6 is 0 Å². The lowest BCUT2D eigenvalue weighted by Crippen LogP contribution is -2.41. The van der Waals surface area contributed by atoms with Crippen LogP contribution in [0.5, 0.6) is 0 Å². The summed E-state index contributed by atoms with van der Waals surface area (Å²) < 4.78 is 12.1. The molecule has 1 aromatic carbocycles. The van der Waals surface area contributed by atoms with Gasteiger partial charge in [0.1, 0.15) is 0 Å². The van der Waals surface area contributed by atoms with Gasteiger partial charge in [0.25, 0.3) is 0 Å². The van der Waals surface area contributed by atoms with E-state index < -0.39 is 0 Å². The first-order valence-electron chi connectivity index (χ1n) is 7.72. The molecule has 22 heavy (non-hydrogen) atoms. The Morgan fingerprint density at radius 2 is 1.55 bits per heavy atom. The Balaban J connectivity index is 1.73. The second kappa shape index (κ2) is 5.52. The van der Waals surface area contributed by atoms with Gasteiger partial charge < -0.3 is 9.31 Å². The van der Waals surface area contributed by atoms with Crippen LogP contribution in [-0.2, 0) is 15.7 Å². The van der Waals surface area contributed by atoms with Crippen LogP contribution in [0.2, 0.25) is 0 Å². The summed E-state index contributed by atoms with van der Waals surface area (Å²) in [6.07, 6.45) is 2.70. The van der Waals surface area contributed by atoms with Gasteiger partial charge in [-0.15, -0.1) is 0 Å². The zero-order valence-electron chi connectivity index (χ0n) is 13.7. The van der Waals surface area contributed by atoms with Gasteiger partial charge >= 0.3 is 7.12 Å². The number of benzene rings is 1. The number of rotatable bonds is 3. The summed E-state index contributed by atoms with van der Waals surface area (Å²) in [5, 5.41) is 0. The van der Waals surface area contributed by atoms with Crippen molar-refractivity contribution in [2.24, 2.45) is 0 Å². The number of pyridine rings is 1. The predicted molar refractivity (Wildman–Crippen MR) is 89.2 cm³/mol. The molecule has 1 aliphatic heterocycles. The largest absolute Gasteiger partial charge is 0.496 e. The Morgan fingerprint density at radius 3 is 2.09 bits per heavy atom. The molecule has 1 aromatic heterocycles. The van der Waals surface area contributed by atoms with Gasteiger partial charge in [-0.1, -0.05) is 36.4 Å². The average molecular weight is 295 g/mol. The van der Waals surface area contributed by atoms with Crippen LogP contribution in [0.3, 0.4) is 0 Å². The number of aromatic nitrogens is 1. The first-order valence-corrected chi connectivity index (χ1v) is 7.72. The maximum Gasteiger partial charge on any atom is 0.496 e. The zero-order chi connectivity index (χ0) is 15.8. The minimum atomic E-state index is -0.344. The fourth-order valence-electron chi connectivity index (χ4n) is 2.46. The van der Waals surface area contributed by atoms with Crippen molar-refractivity contribution in [1.29, 1.82) is 0 Å². The van der Waals surface area contributed by atoms with Crippen LogP contribution < -0.4 is 5.46 Å². The highest BCUT2D eigenvalue weighted by atomic mass is 16.7.